The molecule has 2 aromatic carbocycles. The van der Waals surface area contributed by atoms with Crippen molar-refractivity contribution in [3.05, 3.63) is 71.3 Å². The summed E-state index contributed by atoms with van der Waals surface area (Å²) in [4.78, 5) is 15.4. The molecule has 0 radical (unpaired) electrons. The molecule has 1 saturated heterocycles. The summed E-state index contributed by atoms with van der Waals surface area (Å²) < 4.78 is 33.0. The third-order valence-electron chi connectivity index (χ3n) is 5.95. The van der Waals surface area contributed by atoms with Crippen molar-refractivity contribution in [2.24, 2.45) is 0 Å². The van der Waals surface area contributed by atoms with Gasteiger partial charge in [-0.05, 0) is 24.5 Å². The number of ether oxygens (including phenoxy) is 1. The highest BCUT2D eigenvalue weighted by Crippen LogP contribution is 2.36. The Hall–Kier alpha value is -2.31. The van der Waals surface area contributed by atoms with E-state index in [0.29, 0.717) is 12.6 Å². The Labute approximate surface area is 169 Å². The van der Waals surface area contributed by atoms with Gasteiger partial charge in [-0.3, -0.25) is 9.69 Å². The van der Waals surface area contributed by atoms with Crippen LogP contribution < -0.4 is 5.32 Å². The average molecular weight is 400 g/mol. The van der Waals surface area contributed by atoms with Gasteiger partial charge in [0.15, 0.2) is 6.10 Å². The first-order valence-corrected chi connectivity index (χ1v) is 10.3. The lowest BCUT2D eigenvalue weighted by Crippen LogP contribution is -2.54. The smallest absolute Gasteiger partial charge is 0.251 e. The maximum absolute atomic E-state index is 13.9. The Morgan fingerprint density at radius 3 is 2.59 bits per heavy atom. The van der Waals surface area contributed by atoms with E-state index in [1.54, 1.807) is 0 Å². The molecule has 6 heteroatoms. The normalized spacial score (nSPS) is 23.2. The Bertz CT molecular complexity index is 840. The van der Waals surface area contributed by atoms with E-state index in [9.17, 15) is 13.6 Å². The van der Waals surface area contributed by atoms with Gasteiger partial charge in [-0.2, -0.15) is 0 Å². The zero-order valence-electron chi connectivity index (χ0n) is 16.3. The number of nitrogens with zero attached hydrogens (tertiary/aromatic N) is 1. The van der Waals surface area contributed by atoms with Crippen LogP contribution in [-0.2, 0) is 16.1 Å². The predicted molar refractivity (Wildman–Crippen MR) is 106 cm³/mol. The molecule has 154 valence electrons. The monoisotopic (exact) mass is 400 g/mol. The Morgan fingerprint density at radius 1 is 1.10 bits per heavy atom. The van der Waals surface area contributed by atoms with Gasteiger partial charge >= 0.3 is 0 Å². The molecule has 2 aliphatic rings. The number of benzene rings is 2. The fourth-order valence-electron chi connectivity index (χ4n) is 4.52. The first-order chi connectivity index (χ1) is 14.1. The second kappa shape index (κ2) is 9.01. The lowest BCUT2D eigenvalue weighted by molar-refractivity contribution is -0.148. The van der Waals surface area contributed by atoms with E-state index in [1.165, 1.54) is 25.0 Å². The van der Waals surface area contributed by atoms with E-state index in [2.05, 4.69) is 10.2 Å². The third kappa shape index (κ3) is 4.49. The molecule has 2 aromatic rings. The lowest BCUT2D eigenvalue weighted by Gasteiger charge is -2.44. The number of nitrogens with one attached hydrogen (secondary N) is 1. The molecule has 1 aliphatic carbocycles. The molecule has 0 bridgehead atoms. The van der Waals surface area contributed by atoms with Crippen molar-refractivity contribution in [2.75, 3.05) is 13.2 Å². The van der Waals surface area contributed by atoms with Crippen LogP contribution in [0.2, 0.25) is 0 Å². The van der Waals surface area contributed by atoms with E-state index in [0.717, 1.165) is 31.0 Å². The summed E-state index contributed by atoms with van der Waals surface area (Å²) in [6.07, 6.45) is 4.03. The van der Waals surface area contributed by atoms with E-state index in [1.807, 2.05) is 30.3 Å². The largest absolute Gasteiger partial charge is 0.365 e. The molecule has 1 N–H and O–H groups in total. The zero-order chi connectivity index (χ0) is 20.2. The van der Waals surface area contributed by atoms with Crippen molar-refractivity contribution in [1.29, 1.82) is 0 Å². The van der Waals surface area contributed by atoms with E-state index in [4.69, 9.17) is 4.74 Å². The van der Waals surface area contributed by atoms with Gasteiger partial charge in [-0.15, -0.1) is 0 Å². The molecule has 2 atom stereocenters. The molecular weight excluding hydrogens is 374 g/mol. The summed E-state index contributed by atoms with van der Waals surface area (Å²) >= 11 is 0. The van der Waals surface area contributed by atoms with Gasteiger partial charge in [0.05, 0.1) is 12.6 Å². The fraction of sp³-hybridized carbons (Fsp3) is 0.435. The standard InChI is InChI=1S/C23H26F2N2O2/c24-18-11-10-17(20(25)14-18)15-26-23(28)22-21(16-6-2-1-3-7-16)27(12-13-29-22)19-8-4-5-9-19/h1-3,6-7,10-11,14,19,21-22H,4-5,8-9,12-13,15H2,(H,26,28)/t21-,22+/m0/s1. The van der Waals surface area contributed by atoms with Crippen LogP contribution in [0.15, 0.2) is 48.5 Å². The molecule has 0 spiro atoms. The molecule has 0 aromatic heterocycles. The van der Waals surface area contributed by atoms with Crippen molar-refractivity contribution < 1.29 is 18.3 Å². The lowest BCUT2D eigenvalue weighted by atomic mass is 9.95. The van der Waals surface area contributed by atoms with E-state index in [-0.39, 0.29) is 24.1 Å². The Balaban J connectivity index is 1.53. The van der Waals surface area contributed by atoms with Crippen molar-refractivity contribution in [3.63, 3.8) is 0 Å². The van der Waals surface area contributed by atoms with Gasteiger partial charge in [0.1, 0.15) is 11.6 Å². The maximum Gasteiger partial charge on any atom is 0.251 e. The first kappa shape index (κ1) is 20.0. The van der Waals surface area contributed by atoms with Crippen LogP contribution in [-0.4, -0.2) is 36.1 Å². The Kier molecular flexibility index (Phi) is 6.21. The number of carbonyl (C=O) groups excluding carboxylic acids is 1. The SMILES string of the molecule is O=C(NCc1ccc(F)cc1F)[C@@H]1OCCN(C2CCCC2)[C@H]1c1ccccc1. The van der Waals surface area contributed by atoms with E-state index < -0.39 is 17.7 Å². The second-order valence-electron chi connectivity index (χ2n) is 7.78. The molecule has 1 aliphatic heterocycles. The van der Waals surface area contributed by atoms with Crippen molar-refractivity contribution >= 4 is 5.91 Å². The van der Waals surface area contributed by atoms with Gasteiger partial charge in [-0.25, -0.2) is 8.78 Å². The molecule has 4 nitrogen and oxygen atoms in total. The quantitative estimate of drug-likeness (QED) is 0.826. The summed E-state index contributed by atoms with van der Waals surface area (Å²) in [5, 5.41) is 2.79. The van der Waals surface area contributed by atoms with Crippen molar-refractivity contribution in [2.45, 2.75) is 50.4 Å². The molecule has 4 rings (SSSR count). The van der Waals surface area contributed by atoms with Crippen LogP contribution in [0.25, 0.3) is 0 Å². The number of carbonyl (C=O) groups is 1. The molecule has 1 amide bonds. The van der Waals surface area contributed by atoms with Crippen LogP contribution in [0, 0.1) is 11.6 Å². The Morgan fingerprint density at radius 2 is 1.86 bits per heavy atom. The summed E-state index contributed by atoms with van der Waals surface area (Å²) in [6.45, 7) is 1.28. The van der Waals surface area contributed by atoms with Crippen molar-refractivity contribution in [3.8, 4) is 0 Å². The van der Waals surface area contributed by atoms with Gasteiger partial charge in [0.2, 0.25) is 0 Å². The van der Waals surface area contributed by atoms with Gasteiger partial charge in [0, 0.05) is 30.8 Å². The van der Waals surface area contributed by atoms with Crippen LogP contribution in [0.1, 0.15) is 42.9 Å². The number of hydrogen-bond donors (Lipinski definition) is 1. The van der Waals surface area contributed by atoms with Gasteiger partial charge in [0.25, 0.3) is 5.91 Å². The maximum atomic E-state index is 13.9. The second-order valence-corrected chi connectivity index (χ2v) is 7.78. The number of amides is 1. The summed E-state index contributed by atoms with van der Waals surface area (Å²) in [6, 6.07) is 13.6. The minimum Gasteiger partial charge on any atom is -0.365 e. The first-order valence-electron chi connectivity index (χ1n) is 10.3. The molecule has 0 unspecified atom stereocenters. The summed E-state index contributed by atoms with van der Waals surface area (Å²) in [7, 11) is 0. The molecular formula is C23H26F2N2O2. The molecule has 1 heterocycles. The molecule has 29 heavy (non-hydrogen) atoms. The van der Waals surface area contributed by atoms with Gasteiger partial charge in [-0.1, -0.05) is 49.2 Å². The highest BCUT2D eigenvalue weighted by Gasteiger charge is 2.41. The summed E-state index contributed by atoms with van der Waals surface area (Å²) in [5.74, 6) is -1.57. The molecule has 1 saturated carbocycles. The van der Waals surface area contributed by atoms with Crippen LogP contribution in [0.4, 0.5) is 8.78 Å². The van der Waals surface area contributed by atoms with Crippen LogP contribution >= 0.6 is 0 Å². The minimum absolute atomic E-state index is 0.00422. The highest BCUT2D eigenvalue weighted by atomic mass is 19.1. The third-order valence-corrected chi connectivity index (χ3v) is 5.95. The van der Waals surface area contributed by atoms with E-state index >= 15 is 0 Å². The number of rotatable bonds is 5. The average Bonchev–Trinajstić information content (AvgIpc) is 3.28. The predicted octanol–water partition coefficient (Wildman–Crippen LogP) is 3.97. The number of hydrogen-bond acceptors (Lipinski definition) is 3. The molecule has 2 fully saturated rings. The van der Waals surface area contributed by atoms with Crippen LogP contribution in [0.3, 0.4) is 0 Å². The van der Waals surface area contributed by atoms with Gasteiger partial charge < -0.3 is 10.1 Å². The van der Waals surface area contributed by atoms with Crippen molar-refractivity contribution in [1.82, 2.24) is 10.2 Å². The highest BCUT2D eigenvalue weighted by molar-refractivity contribution is 5.82. The number of morpholine rings is 1. The number of halogens is 2. The summed E-state index contributed by atoms with van der Waals surface area (Å²) in [5.41, 5.74) is 1.30. The fourth-order valence-corrected chi connectivity index (χ4v) is 4.52. The minimum atomic E-state index is -0.671. The van der Waals surface area contributed by atoms with Crippen LogP contribution in [0.5, 0.6) is 0 Å². The topological polar surface area (TPSA) is 41.6 Å². The zero-order valence-corrected chi connectivity index (χ0v) is 16.3.